The summed E-state index contributed by atoms with van der Waals surface area (Å²) in [6.45, 7) is 2.67. The van der Waals surface area contributed by atoms with Gasteiger partial charge in [-0.05, 0) is 49.4 Å². The van der Waals surface area contributed by atoms with Gasteiger partial charge in [-0.15, -0.1) is 10.2 Å². The molecule has 0 fully saturated rings. The quantitative estimate of drug-likeness (QED) is 0.442. The van der Waals surface area contributed by atoms with Gasteiger partial charge < -0.3 is 10.3 Å². The molecule has 7 nitrogen and oxygen atoms in total. The lowest BCUT2D eigenvalue weighted by Crippen LogP contribution is -2.24. The zero-order valence-electron chi connectivity index (χ0n) is 17.0. The average molecular weight is 403 g/mol. The van der Waals surface area contributed by atoms with Gasteiger partial charge >= 0.3 is 0 Å². The van der Waals surface area contributed by atoms with E-state index in [4.69, 9.17) is 0 Å². The molecule has 2 N–H and O–H groups in total. The topological polar surface area (TPSA) is 92.2 Å². The number of fused-ring (bicyclic) bond motifs is 3. The van der Waals surface area contributed by atoms with Gasteiger partial charge in [0.15, 0.2) is 0 Å². The van der Waals surface area contributed by atoms with Gasteiger partial charge in [0.2, 0.25) is 5.65 Å². The van der Waals surface area contributed by atoms with Gasteiger partial charge in [-0.1, -0.05) is 37.3 Å². The Labute approximate surface area is 174 Å². The number of aromatic amines is 1. The fourth-order valence-electron chi connectivity index (χ4n) is 3.66. The van der Waals surface area contributed by atoms with Crippen molar-refractivity contribution in [3.05, 3.63) is 75.8 Å². The number of amides is 1. The average Bonchev–Trinajstić information content (AvgIpc) is 3.19. The van der Waals surface area contributed by atoms with E-state index in [1.807, 2.05) is 24.3 Å². The van der Waals surface area contributed by atoms with Gasteiger partial charge in [0.05, 0.1) is 11.0 Å². The van der Waals surface area contributed by atoms with E-state index in [1.54, 1.807) is 16.5 Å². The van der Waals surface area contributed by atoms with Crippen LogP contribution in [-0.4, -0.2) is 32.0 Å². The molecule has 2 aromatic carbocycles. The van der Waals surface area contributed by atoms with Crippen LogP contribution < -0.4 is 10.9 Å². The summed E-state index contributed by atoms with van der Waals surface area (Å²) < 4.78 is 1.78. The van der Waals surface area contributed by atoms with E-state index in [0.29, 0.717) is 17.6 Å². The molecule has 0 saturated carbocycles. The normalized spacial score (nSPS) is 11.2. The fraction of sp³-hybridized carbons (Fsp3) is 0.304. The van der Waals surface area contributed by atoms with Crippen molar-refractivity contribution in [1.82, 2.24) is 24.9 Å². The van der Waals surface area contributed by atoms with Gasteiger partial charge in [0, 0.05) is 18.5 Å². The van der Waals surface area contributed by atoms with E-state index in [1.165, 1.54) is 5.56 Å². The summed E-state index contributed by atoms with van der Waals surface area (Å²) >= 11 is 0. The number of aryl methyl sites for hydroxylation is 2. The maximum absolute atomic E-state index is 12.6. The molecule has 0 aliphatic rings. The maximum Gasteiger partial charge on any atom is 0.294 e. The predicted octanol–water partition coefficient (Wildman–Crippen LogP) is 3.28. The Balaban J connectivity index is 1.45. The molecule has 0 spiro atoms. The van der Waals surface area contributed by atoms with E-state index in [0.717, 1.165) is 43.4 Å². The third-order valence-corrected chi connectivity index (χ3v) is 5.18. The zero-order valence-corrected chi connectivity index (χ0v) is 17.0. The molecule has 0 radical (unpaired) electrons. The molecule has 4 aromatic rings. The Bertz CT molecular complexity index is 1230. The second kappa shape index (κ2) is 8.90. The van der Waals surface area contributed by atoms with E-state index in [-0.39, 0.29) is 17.1 Å². The highest BCUT2D eigenvalue weighted by molar-refractivity contribution is 5.97. The number of hydrogen-bond donors (Lipinski definition) is 2. The summed E-state index contributed by atoms with van der Waals surface area (Å²) in [7, 11) is 0. The number of unbranched alkanes of at least 4 members (excludes halogenated alkanes) is 1. The summed E-state index contributed by atoms with van der Waals surface area (Å²) in [5, 5.41) is 11.1. The second-order valence-electron chi connectivity index (χ2n) is 7.41. The van der Waals surface area contributed by atoms with Gasteiger partial charge in [0.25, 0.3) is 11.5 Å². The second-order valence-corrected chi connectivity index (χ2v) is 7.41. The number of nitrogens with one attached hydrogen (secondary N) is 2. The van der Waals surface area contributed by atoms with Gasteiger partial charge in [-0.25, -0.2) is 0 Å². The van der Waals surface area contributed by atoms with Crippen molar-refractivity contribution in [3.63, 3.8) is 0 Å². The summed E-state index contributed by atoms with van der Waals surface area (Å²) in [6.07, 6.45) is 4.56. The summed E-state index contributed by atoms with van der Waals surface area (Å²) in [5.41, 5.74) is 3.19. The van der Waals surface area contributed by atoms with E-state index in [2.05, 4.69) is 39.6 Å². The van der Waals surface area contributed by atoms with Crippen molar-refractivity contribution < 1.29 is 4.79 Å². The van der Waals surface area contributed by atoms with Crippen LogP contribution in [0.1, 0.15) is 47.9 Å². The van der Waals surface area contributed by atoms with Crippen LogP contribution in [0.15, 0.2) is 53.3 Å². The highest BCUT2D eigenvalue weighted by atomic mass is 16.1. The van der Waals surface area contributed by atoms with Crippen LogP contribution in [0, 0.1) is 0 Å². The van der Waals surface area contributed by atoms with Crippen LogP contribution in [0.25, 0.3) is 16.7 Å². The number of benzene rings is 2. The summed E-state index contributed by atoms with van der Waals surface area (Å²) in [5.74, 6) is 0.606. The van der Waals surface area contributed by atoms with Crippen molar-refractivity contribution >= 4 is 22.6 Å². The molecule has 2 heterocycles. The van der Waals surface area contributed by atoms with E-state index < -0.39 is 0 Å². The SMILES string of the molecule is CCCc1nnc2c(=O)[nH]c3cc(C(=O)NCCCCc4ccccc4)ccc3n12. The van der Waals surface area contributed by atoms with Crippen LogP contribution in [0.4, 0.5) is 0 Å². The summed E-state index contributed by atoms with van der Waals surface area (Å²) in [4.78, 5) is 27.7. The minimum Gasteiger partial charge on any atom is -0.352 e. The number of hydrogen-bond acceptors (Lipinski definition) is 4. The highest BCUT2D eigenvalue weighted by Gasteiger charge is 2.14. The van der Waals surface area contributed by atoms with E-state index in [9.17, 15) is 9.59 Å². The van der Waals surface area contributed by atoms with Crippen LogP contribution in [-0.2, 0) is 12.8 Å². The predicted molar refractivity (Wildman–Crippen MR) is 117 cm³/mol. The maximum atomic E-state index is 12.6. The van der Waals surface area contributed by atoms with Crippen LogP contribution >= 0.6 is 0 Å². The van der Waals surface area contributed by atoms with E-state index >= 15 is 0 Å². The van der Waals surface area contributed by atoms with Gasteiger partial charge in [-0.2, -0.15) is 0 Å². The number of carbonyl (C=O) groups excluding carboxylic acids is 1. The molecular weight excluding hydrogens is 378 g/mol. The first kappa shape index (κ1) is 19.8. The molecule has 2 aromatic heterocycles. The Kier molecular flexibility index (Phi) is 5.88. The van der Waals surface area contributed by atoms with Crippen molar-refractivity contribution in [2.24, 2.45) is 0 Å². The lowest BCUT2D eigenvalue weighted by molar-refractivity contribution is 0.0953. The van der Waals surface area contributed by atoms with Crippen molar-refractivity contribution in [1.29, 1.82) is 0 Å². The van der Waals surface area contributed by atoms with Crippen LogP contribution in [0.5, 0.6) is 0 Å². The Morgan fingerprint density at radius 1 is 1.07 bits per heavy atom. The Morgan fingerprint density at radius 3 is 2.70 bits per heavy atom. The Morgan fingerprint density at radius 2 is 1.90 bits per heavy atom. The molecule has 30 heavy (non-hydrogen) atoms. The fourth-order valence-corrected chi connectivity index (χ4v) is 3.66. The smallest absolute Gasteiger partial charge is 0.294 e. The molecule has 0 atom stereocenters. The molecule has 0 unspecified atom stereocenters. The van der Waals surface area contributed by atoms with Gasteiger partial charge in [0.1, 0.15) is 5.82 Å². The molecule has 0 saturated heterocycles. The van der Waals surface area contributed by atoms with Crippen molar-refractivity contribution in [2.75, 3.05) is 6.54 Å². The minimum atomic E-state index is -0.309. The van der Waals surface area contributed by atoms with Crippen molar-refractivity contribution in [2.45, 2.75) is 39.0 Å². The first-order valence-corrected chi connectivity index (χ1v) is 10.4. The third-order valence-electron chi connectivity index (χ3n) is 5.18. The minimum absolute atomic E-state index is 0.143. The van der Waals surface area contributed by atoms with Crippen molar-refractivity contribution in [3.8, 4) is 0 Å². The molecule has 4 rings (SSSR count). The lowest BCUT2D eigenvalue weighted by Gasteiger charge is -2.08. The molecule has 7 heteroatoms. The zero-order chi connectivity index (χ0) is 20.9. The number of rotatable bonds is 8. The monoisotopic (exact) mass is 403 g/mol. The highest BCUT2D eigenvalue weighted by Crippen LogP contribution is 2.16. The largest absolute Gasteiger partial charge is 0.352 e. The molecule has 0 bridgehead atoms. The number of carbonyl (C=O) groups is 1. The summed E-state index contributed by atoms with van der Waals surface area (Å²) in [6, 6.07) is 15.7. The number of aromatic nitrogens is 4. The lowest BCUT2D eigenvalue weighted by atomic mass is 10.1. The van der Waals surface area contributed by atoms with Gasteiger partial charge in [-0.3, -0.25) is 14.0 Å². The molecular formula is C23H25N5O2. The number of nitrogens with zero attached hydrogens (tertiary/aromatic N) is 3. The molecule has 0 aliphatic carbocycles. The van der Waals surface area contributed by atoms with Crippen LogP contribution in [0.3, 0.4) is 0 Å². The Hall–Kier alpha value is -3.48. The standard InChI is InChI=1S/C23H25N5O2/c1-2-8-20-26-27-21-23(30)25-18-15-17(12-13-19(18)28(20)21)22(29)24-14-7-6-11-16-9-4-3-5-10-16/h3-5,9-10,12-13,15H,2,6-8,11,14H2,1H3,(H,24,29)(H,25,30). The number of H-pyrrole nitrogens is 1. The third kappa shape index (κ3) is 4.10. The molecule has 1 amide bonds. The van der Waals surface area contributed by atoms with Crippen LogP contribution in [0.2, 0.25) is 0 Å². The first-order chi connectivity index (χ1) is 14.7. The molecule has 154 valence electrons. The molecule has 0 aliphatic heterocycles. The first-order valence-electron chi connectivity index (χ1n) is 10.4.